The summed E-state index contributed by atoms with van der Waals surface area (Å²) in [5.41, 5.74) is 1.98. The molecule has 1 fully saturated rings. The van der Waals surface area contributed by atoms with Gasteiger partial charge in [-0.1, -0.05) is 24.6 Å². The Hall–Kier alpha value is -2.14. The fraction of sp³-hybridized carbons (Fsp3) is 0.524. The number of imidazole rings is 1. The van der Waals surface area contributed by atoms with E-state index in [1.165, 1.54) is 5.56 Å². The minimum absolute atomic E-state index is 0.155. The first-order valence-electron chi connectivity index (χ1n) is 9.68. The molecular formula is C21H30N4O. The molecular weight excluding hydrogens is 324 g/mol. The van der Waals surface area contributed by atoms with Crippen molar-refractivity contribution in [2.24, 2.45) is 0 Å². The molecule has 0 aliphatic carbocycles. The van der Waals surface area contributed by atoms with Crippen molar-refractivity contribution in [3.63, 3.8) is 0 Å². The average molecular weight is 354 g/mol. The van der Waals surface area contributed by atoms with Crippen LogP contribution in [-0.2, 0) is 13.0 Å². The summed E-state index contributed by atoms with van der Waals surface area (Å²) in [6.45, 7) is 8.98. The van der Waals surface area contributed by atoms with Gasteiger partial charge in [-0.15, -0.1) is 0 Å². The van der Waals surface area contributed by atoms with Crippen LogP contribution in [0.1, 0.15) is 48.4 Å². The number of aryl methyl sites for hydroxylation is 2. The van der Waals surface area contributed by atoms with Gasteiger partial charge < -0.3 is 14.8 Å². The number of aromatic nitrogens is 2. The molecule has 1 N–H and O–H groups in total. The third kappa shape index (κ3) is 4.52. The average Bonchev–Trinajstić information content (AvgIpc) is 3.09. The first-order valence-corrected chi connectivity index (χ1v) is 9.68. The number of nitrogens with zero attached hydrogens (tertiary/aromatic N) is 3. The lowest BCUT2D eigenvalue weighted by molar-refractivity contribution is 0.0701. The molecule has 0 unspecified atom stereocenters. The SMILES string of the molecule is CCc1nccn1C[C@H](C)NC1CCN(C(=O)c2ccc(C)cc2)CC1. The van der Waals surface area contributed by atoms with E-state index in [0.717, 1.165) is 50.3 Å². The largest absolute Gasteiger partial charge is 0.339 e. The highest BCUT2D eigenvalue weighted by atomic mass is 16.2. The molecule has 1 amide bonds. The Morgan fingerprint density at radius 1 is 1.27 bits per heavy atom. The van der Waals surface area contributed by atoms with E-state index in [1.54, 1.807) is 0 Å². The predicted molar refractivity (Wildman–Crippen MR) is 104 cm³/mol. The molecule has 1 aromatic carbocycles. The number of carbonyl (C=O) groups is 1. The quantitative estimate of drug-likeness (QED) is 0.867. The molecule has 3 rings (SSSR count). The van der Waals surface area contributed by atoms with Gasteiger partial charge in [0.1, 0.15) is 5.82 Å². The van der Waals surface area contributed by atoms with Crippen molar-refractivity contribution in [1.29, 1.82) is 0 Å². The number of hydrogen-bond donors (Lipinski definition) is 1. The molecule has 0 spiro atoms. The molecule has 0 saturated carbocycles. The highest BCUT2D eigenvalue weighted by molar-refractivity contribution is 5.94. The molecule has 2 heterocycles. The van der Waals surface area contributed by atoms with Gasteiger partial charge >= 0.3 is 0 Å². The maximum atomic E-state index is 12.6. The fourth-order valence-corrected chi connectivity index (χ4v) is 3.70. The van der Waals surface area contributed by atoms with Crippen LogP contribution in [0.25, 0.3) is 0 Å². The Morgan fingerprint density at radius 2 is 1.96 bits per heavy atom. The zero-order chi connectivity index (χ0) is 18.5. The number of piperidine rings is 1. The maximum absolute atomic E-state index is 12.6. The van der Waals surface area contributed by atoms with Gasteiger partial charge in [-0.2, -0.15) is 0 Å². The molecule has 0 bridgehead atoms. The van der Waals surface area contributed by atoms with Crippen LogP contribution in [0.2, 0.25) is 0 Å². The van der Waals surface area contributed by atoms with Crippen molar-refractivity contribution in [1.82, 2.24) is 19.8 Å². The van der Waals surface area contributed by atoms with E-state index in [9.17, 15) is 4.79 Å². The van der Waals surface area contributed by atoms with Crippen molar-refractivity contribution in [2.75, 3.05) is 13.1 Å². The van der Waals surface area contributed by atoms with Crippen LogP contribution in [0.4, 0.5) is 0 Å². The van der Waals surface area contributed by atoms with Crippen LogP contribution in [0.15, 0.2) is 36.7 Å². The number of nitrogens with one attached hydrogen (secondary N) is 1. The Bertz CT molecular complexity index is 714. The van der Waals surface area contributed by atoms with E-state index >= 15 is 0 Å². The minimum atomic E-state index is 0.155. The topological polar surface area (TPSA) is 50.2 Å². The summed E-state index contributed by atoms with van der Waals surface area (Å²) >= 11 is 0. The zero-order valence-corrected chi connectivity index (χ0v) is 16.1. The van der Waals surface area contributed by atoms with Crippen molar-refractivity contribution in [3.05, 3.63) is 53.6 Å². The number of likely N-dealkylation sites (tertiary alicyclic amines) is 1. The second kappa shape index (κ2) is 8.49. The molecule has 1 atom stereocenters. The normalized spacial score (nSPS) is 16.7. The Kier molecular flexibility index (Phi) is 6.09. The van der Waals surface area contributed by atoms with Gasteiger partial charge in [-0.3, -0.25) is 4.79 Å². The summed E-state index contributed by atoms with van der Waals surface area (Å²) in [6, 6.07) is 8.73. The van der Waals surface area contributed by atoms with Crippen molar-refractivity contribution in [2.45, 2.75) is 58.7 Å². The van der Waals surface area contributed by atoms with Gasteiger partial charge in [0.05, 0.1) is 0 Å². The lowest BCUT2D eigenvalue weighted by Crippen LogP contribution is -2.48. The van der Waals surface area contributed by atoms with Crippen molar-refractivity contribution < 1.29 is 4.79 Å². The summed E-state index contributed by atoms with van der Waals surface area (Å²) in [4.78, 5) is 19.0. The first kappa shape index (κ1) is 18.6. The maximum Gasteiger partial charge on any atom is 0.253 e. The molecule has 1 aliphatic heterocycles. The van der Waals surface area contributed by atoms with Gasteiger partial charge in [0.2, 0.25) is 0 Å². The third-order valence-corrected chi connectivity index (χ3v) is 5.19. The molecule has 26 heavy (non-hydrogen) atoms. The highest BCUT2D eigenvalue weighted by Gasteiger charge is 2.24. The predicted octanol–water partition coefficient (Wildman–Crippen LogP) is 3.04. The van der Waals surface area contributed by atoms with E-state index < -0.39 is 0 Å². The van der Waals surface area contributed by atoms with Gasteiger partial charge in [0.25, 0.3) is 5.91 Å². The molecule has 0 radical (unpaired) electrons. The molecule has 1 aromatic heterocycles. The first-order chi connectivity index (χ1) is 12.6. The van der Waals surface area contributed by atoms with Crippen LogP contribution < -0.4 is 5.32 Å². The summed E-state index contributed by atoms with van der Waals surface area (Å²) in [5.74, 6) is 1.29. The fourth-order valence-electron chi connectivity index (χ4n) is 3.70. The molecule has 1 saturated heterocycles. The van der Waals surface area contributed by atoms with E-state index in [2.05, 4.69) is 34.9 Å². The number of amides is 1. The van der Waals surface area contributed by atoms with Crippen LogP contribution in [-0.4, -0.2) is 45.5 Å². The molecule has 1 aliphatic rings. The number of hydrogen-bond acceptors (Lipinski definition) is 3. The van der Waals surface area contributed by atoms with Crippen LogP contribution >= 0.6 is 0 Å². The summed E-state index contributed by atoms with van der Waals surface area (Å²) < 4.78 is 2.23. The Labute approximate surface area is 156 Å². The third-order valence-electron chi connectivity index (χ3n) is 5.19. The molecule has 2 aromatic rings. The molecule has 5 heteroatoms. The summed E-state index contributed by atoms with van der Waals surface area (Å²) in [7, 11) is 0. The number of carbonyl (C=O) groups excluding carboxylic acids is 1. The van der Waals surface area contributed by atoms with Gasteiger partial charge in [0, 0.05) is 56.1 Å². The van der Waals surface area contributed by atoms with Gasteiger partial charge in [-0.25, -0.2) is 4.98 Å². The van der Waals surface area contributed by atoms with Crippen LogP contribution in [0, 0.1) is 6.92 Å². The zero-order valence-electron chi connectivity index (χ0n) is 16.1. The Balaban J connectivity index is 1.47. The second-order valence-electron chi connectivity index (χ2n) is 7.35. The lowest BCUT2D eigenvalue weighted by Gasteiger charge is -2.34. The van der Waals surface area contributed by atoms with Crippen LogP contribution in [0.3, 0.4) is 0 Å². The minimum Gasteiger partial charge on any atom is -0.339 e. The summed E-state index contributed by atoms with van der Waals surface area (Å²) in [6.07, 6.45) is 6.90. The number of benzene rings is 1. The van der Waals surface area contributed by atoms with Crippen molar-refractivity contribution >= 4 is 5.91 Å². The lowest BCUT2D eigenvalue weighted by atomic mass is 10.0. The van der Waals surface area contributed by atoms with Gasteiger partial charge in [-0.05, 0) is 38.8 Å². The highest BCUT2D eigenvalue weighted by Crippen LogP contribution is 2.15. The molecule has 140 valence electrons. The van der Waals surface area contributed by atoms with Crippen LogP contribution in [0.5, 0.6) is 0 Å². The smallest absolute Gasteiger partial charge is 0.253 e. The number of rotatable bonds is 6. The van der Waals surface area contributed by atoms with E-state index in [1.807, 2.05) is 42.3 Å². The monoisotopic (exact) mass is 354 g/mol. The Morgan fingerprint density at radius 3 is 2.62 bits per heavy atom. The summed E-state index contributed by atoms with van der Waals surface area (Å²) in [5, 5.41) is 3.73. The van der Waals surface area contributed by atoms with E-state index in [-0.39, 0.29) is 5.91 Å². The van der Waals surface area contributed by atoms with Crippen molar-refractivity contribution in [3.8, 4) is 0 Å². The van der Waals surface area contributed by atoms with Gasteiger partial charge in [0.15, 0.2) is 0 Å². The van der Waals surface area contributed by atoms with E-state index in [4.69, 9.17) is 0 Å². The second-order valence-corrected chi connectivity index (χ2v) is 7.35. The molecule has 5 nitrogen and oxygen atoms in total. The standard InChI is InChI=1S/C21H30N4O/c1-4-20-22-11-14-25(20)15-17(3)23-19-9-12-24(13-10-19)21(26)18-7-5-16(2)6-8-18/h5-8,11,14,17,19,23H,4,9-10,12-13,15H2,1-3H3/t17-/m0/s1. The van der Waals surface area contributed by atoms with E-state index in [0.29, 0.717) is 12.1 Å².